The zero-order valence-corrected chi connectivity index (χ0v) is 9.01. The van der Waals surface area contributed by atoms with E-state index in [1.165, 1.54) is 7.11 Å². The Bertz CT molecular complexity index is 511. The second-order valence-corrected chi connectivity index (χ2v) is 3.47. The van der Waals surface area contributed by atoms with Gasteiger partial charge in [0.25, 0.3) is 0 Å². The van der Waals surface area contributed by atoms with Gasteiger partial charge in [0, 0.05) is 11.8 Å². The maximum absolute atomic E-state index is 11.0. The molecule has 0 aliphatic heterocycles. The van der Waals surface area contributed by atoms with Crippen LogP contribution >= 0.6 is 0 Å². The second kappa shape index (κ2) is 4.70. The third kappa shape index (κ3) is 2.34. The van der Waals surface area contributed by atoms with Crippen molar-refractivity contribution in [3.8, 4) is 0 Å². The minimum absolute atomic E-state index is 0.227. The van der Waals surface area contributed by atoms with Crippen LogP contribution in [0.2, 0.25) is 0 Å². The third-order valence-electron chi connectivity index (χ3n) is 2.36. The summed E-state index contributed by atoms with van der Waals surface area (Å²) in [4.78, 5) is 11.0. The minimum atomic E-state index is -0.227. The molecule has 0 N–H and O–H groups in total. The summed E-state index contributed by atoms with van der Waals surface area (Å²) in [5, 5.41) is 9.18. The van der Waals surface area contributed by atoms with Crippen molar-refractivity contribution in [1.29, 1.82) is 0 Å². The molecule has 0 fully saturated rings. The molecule has 0 unspecified atom stereocenters. The van der Waals surface area contributed by atoms with Crippen molar-refractivity contribution in [2.75, 3.05) is 7.11 Å². The third-order valence-corrected chi connectivity index (χ3v) is 2.36. The van der Waals surface area contributed by atoms with Crippen molar-refractivity contribution < 1.29 is 9.53 Å². The number of aryl methyl sites for hydroxylation is 1. The maximum Gasteiger partial charge on any atom is 0.305 e. The monoisotopic (exact) mass is 216 g/mol. The number of hydrogen-bond donors (Lipinski definition) is 0. The van der Waals surface area contributed by atoms with Crippen LogP contribution in [0.1, 0.15) is 12.1 Å². The van der Waals surface area contributed by atoms with Crippen LogP contribution in [0.3, 0.4) is 0 Å². The molecule has 0 aliphatic carbocycles. The summed E-state index contributed by atoms with van der Waals surface area (Å²) < 4.78 is 4.57. The Labute approximate surface area is 93.3 Å². The Kier molecular flexibility index (Phi) is 3.10. The lowest BCUT2D eigenvalue weighted by Gasteiger charge is -2.01. The number of benzene rings is 1. The minimum Gasteiger partial charge on any atom is -0.469 e. The molecule has 4 nitrogen and oxygen atoms in total. The lowest BCUT2D eigenvalue weighted by molar-refractivity contribution is -0.140. The summed E-state index contributed by atoms with van der Waals surface area (Å²) in [5.74, 6) is -0.227. The molecule has 4 heteroatoms. The largest absolute Gasteiger partial charge is 0.469 e. The quantitative estimate of drug-likeness (QED) is 0.733. The Morgan fingerprint density at radius 2 is 2.12 bits per heavy atom. The van der Waals surface area contributed by atoms with Crippen molar-refractivity contribution in [3.05, 3.63) is 36.0 Å². The fourth-order valence-corrected chi connectivity index (χ4v) is 1.48. The Morgan fingerprint density at radius 3 is 2.94 bits per heavy atom. The molecular formula is C12H12N2O2. The average Bonchev–Trinajstić information content (AvgIpc) is 2.35. The number of methoxy groups -OCH3 is 1. The Hall–Kier alpha value is -1.97. The molecule has 2 rings (SSSR count). The van der Waals surface area contributed by atoms with E-state index >= 15 is 0 Å². The predicted molar refractivity (Wildman–Crippen MR) is 59.9 cm³/mol. The van der Waals surface area contributed by atoms with Gasteiger partial charge in [0.2, 0.25) is 0 Å². The molecule has 2 aromatic rings. The lowest BCUT2D eigenvalue weighted by atomic mass is 10.1. The summed E-state index contributed by atoms with van der Waals surface area (Å²) in [6.07, 6.45) is 0.897. The molecular weight excluding hydrogens is 204 g/mol. The van der Waals surface area contributed by atoms with Gasteiger partial charge in [0.1, 0.15) is 0 Å². The molecule has 0 saturated carbocycles. The van der Waals surface area contributed by atoms with E-state index in [0.29, 0.717) is 12.8 Å². The van der Waals surface area contributed by atoms with Gasteiger partial charge in [-0.05, 0) is 12.1 Å². The fourth-order valence-electron chi connectivity index (χ4n) is 1.48. The molecule has 0 amide bonds. The molecule has 1 aromatic carbocycles. The van der Waals surface area contributed by atoms with Gasteiger partial charge in [-0.1, -0.05) is 18.2 Å². The van der Waals surface area contributed by atoms with Gasteiger partial charge < -0.3 is 4.74 Å². The van der Waals surface area contributed by atoms with Crippen LogP contribution in [0.4, 0.5) is 0 Å². The molecule has 0 aliphatic rings. The smallest absolute Gasteiger partial charge is 0.305 e. The number of fused-ring (bicyclic) bond motifs is 1. The van der Waals surface area contributed by atoms with Crippen molar-refractivity contribution in [2.24, 2.45) is 0 Å². The summed E-state index contributed by atoms with van der Waals surface area (Å²) in [7, 11) is 1.38. The molecule has 0 radical (unpaired) electrons. The first-order chi connectivity index (χ1) is 7.79. The fraction of sp³-hybridized carbons (Fsp3) is 0.250. The molecule has 16 heavy (non-hydrogen) atoms. The first-order valence-electron chi connectivity index (χ1n) is 5.08. The lowest BCUT2D eigenvalue weighted by Crippen LogP contribution is -2.03. The van der Waals surface area contributed by atoms with Crippen molar-refractivity contribution in [2.45, 2.75) is 12.8 Å². The number of hydrogen-bond acceptors (Lipinski definition) is 4. The van der Waals surface area contributed by atoms with Crippen molar-refractivity contribution in [1.82, 2.24) is 10.2 Å². The van der Waals surface area contributed by atoms with Crippen molar-refractivity contribution in [3.63, 3.8) is 0 Å². The molecule has 0 bridgehead atoms. The van der Waals surface area contributed by atoms with Crippen molar-refractivity contribution >= 4 is 16.9 Å². The van der Waals surface area contributed by atoms with E-state index in [1.54, 1.807) is 0 Å². The average molecular weight is 216 g/mol. The SMILES string of the molecule is COC(=O)CCc1cc2ccccc2nn1. The number of carbonyl (C=O) groups is 1. The number of aromatic nitrogens is 2. The zero-order valence-electron chi connectivity index (χ0n) is 9.01. The van der Waals surface area contributed by atoms with Gasteiger partial charge in [0.05, 0.1) is 24.7 Å². The zero-order chi connectivity index (χ0) is 11.4. The summed E-state index contributed by atoms with van der Waals surface area (Å²) in [6.45, 7) is 0. The van der Waals surface area contributed by atoms with Gasteiger partial charge in [-0.2, -0.15) is 10.2 Å². The van der Waals surface area contributed by atoms with E-state index < -0.39 is 0 Å². The molecule has 1 heterocycles. The van der Waals surface area contributed by atoms with E-state index in [4.69, 9.17) is 0 Å². The molecule has 0 atom stereocenters. The number of esters is 1. The molecule has 82 valence electrons. The van der Waals surface area contributed by atoms with Gasteiger partial charge >= 0.3 is 5.97 Å². The van der Waals surface area contributed by atoms with Crippen LogP contribution in [0, 0.1) is 0 Å². The highest BCUT2D eigenvalue weighted by Gasteiger charge is 2.03. The van der Waals surface area contributed by atoms with E-state index in [2.05, 4.69) is 14.9 Å². The van der Waals surface area contributed by atoms with Gasteiger partial charge in [0.15, 0.2) is 0 Å². The van der Waals surface area contributed by atoms with Crippen LogP contribution < -0.4 is 0 Å². The summed E-state index contributed by atoms with van der Waals surface area (Å²) in [5.41, 5.74) is 1.67. The highest BCUT2D eigenvalue weighted by atomic mass is 16.5. The molecule has 0 spiro atoms. The molecule has 1 aromatic heterocycles. The van der Waals surface area contributed by atoms with Crippen LogP contribution in [-0.4, -0.2) is 23.3 Å². The maximum atomic E-state index is 11.0. The predicted octanol–water partition coefficient (Wildman–Crippen LogP) is 1.74. The highest BCUT2D eigenvalue weighted by Crippen LogP contribution is 2.11. The second-order valence-electron chi connectivity index (χ2n) is 3.47. The van der Waals surface area contributed by atoms with E-state index in [0.717, 1.165) is 16.6 Å². The molecule has 0 saturated heterocycles. The van der Waals surface area contributed by atoms with E-state index in [1.807, 2.05) is 30.3 Å². The topological polar surface area (TPSA) is 52.1 Å². The van der Waals surface area contributed by atoms with Gasteiger partial charge in [-0.25, -0.2) is 0 Å². The van der Waals surface area contributed by atoms with E-state index in [9.17, 15) is 4.79 Å². The normalized spacial score (nSPS) is 10.3. The highest BCUT2D eigenvalue weighted by molar-refractivity contribution is 5.78. The van der Waals surface area contributed by atoms with Gasteiger partial charge in [-0.3, -0.25) is 4.79 Å². The van der Waals surface area contributed by atoms with Gasteiger partial charge in [-0.15, -0.1) is 0 Å². The summed E-state index contributed by atoms with van der Waals surface area (Å²) in [6, 6.07) is 9.71. The Balaban J connectivity index is 2.16. The summed E-state index contributed by atoms with van der Waals surface area (Å²) >= 11 is 0. The number of rotatable bonds is 3. The van der Waals surface area contributed by atoms with Crippen LogP contribution in [-0.2, 0) is 16.0 Å². The standard InChI is InChI=1S/C12H12N2O2/c1-16-12(15)7-6-10-8-9-4-2-3-5-11(9)14-13-10/h2-5,8H,6-7H2,1H3. The van der Waals surface area contributed by atoms with Crippen LogP contribution in [0.5, 0.6) is 0 Å². The first kappa shape index (κ1) is 10.5. The number of nitrogens with zero attached hydrogens (tertiary/aromatic N) is 2. The van der Waals surface area contributed by atoms with Crippen LogP contribution in [0.25, 0.3) is 10.9 Å². The van der Waals surface area contributed by atoms with E-state index in [-0.39, 0.29) is 5.97 Å². The Morgan fingerprint density at radius 1 is 1.31 bits per heavy atom. The first-order valence-corrected chi connectivity index (χ1v) is 5.08. The number of carbonyl (C=O) groups excluding carboxylic acids is 1. The number of ether oxygens (including phenoxy) is 1. The van der Waals surface area contributed by atoms with Crippen LogP contribution in [0.15, 0.2) is 30.3 Å².